The van der Waals surface area contributed by atoms with Crippen LogP contribution in [0.4, 0.5) is 13.2 Å². The van der Waals surface area contributed by atoms with Crippen LogP contribution in [0.15, 0.2) is 24.3 Å². The quantitative estimate of drug-likeness (QED) is 0.821. The van der Waals surface area contributed by atoms with Gasteiger partial charge < -0.3 is 15.0 Å². The standard InChI is InChI=1S/C19H23F3N2O3/c1-27-12-18(7-4-8-18)17(26)23-14-9-16(25)24(11-14)10-13-5-2-3-6-15(13)19(20,21)22/h2-3,5-6,14H,4,7-12H2,1H3,(H,23,26)/t14-/m1/s1. The van der Waals surface area contributed by atoms with Crippen LogP contribution in [0.3, 0.4) is 0 Å². The number of carbonyl (C=O) groups is 2. The van der Waals surface area contributed by atoms with Crippen LogP contribution in [0.2, 0.25) is 0 Å². The van der Waals surface area contributed by atoms with E-state index in [0.717, 1.165) is 25.3 Å². The Kier molecular flexibility index (Phi) is 5.46. The number of benzene rings is 1. The van der Waals surface area contributed by atoms with Crippen LogP contribution in [-0.4, -0.2) is 43.0 Å². The highest BCUT2D eigenvalue weighted by molar-refractivity contribution is 5.86. The summed E-state index contributed by atoms with van der Waals surface area (Å²) in [6.45, 7) is 0.423. The molecule has 1 heterocycles. The van der Waals surface area contributed by atoms with E-state index in [1.165, 1.54) is 23.1 Å². The number of methoxy groups -OCH3 is 1. The summed E-state index contributed by atoms with van der Waals surface area (Å²) >= 11 is 0. The van der Waals surface area contributed by atoms with Gasteiger partial charge in [-0.1, -0.05) is 24.6 Å². The number of hydrogen-bond donors (Lipinski definition) is 1. The minimum atomic E-state index is -4.47. The Balaban J connectivity index is 1.64. The fraction of sp³-hybridized carbons (Fsp3) is 0.579. The van der Waals surface area contributed by atoms with E-state index in [2.05, 4.69) is 5.32 Å². The summed E-state index contributed by atoms with van der Waals surface area (Å²) < 4.78 is 44.6. The molecule has 1 aliphatic heterocycles. The molecule has 1 saturated heterocycles. The van der Waals surface area contributed by atoms with Crippen molar-refractivity contribution in [1.82, 2.24) is 10.2 Å². The Bertz CT molecular complexity index is 716. The monoisotopic (exact) mass is 384 g/mol. The molecule has 2 amide bonds. The number of likely N-dealkylation sites (tertiary alicyclic amines) is 1. The van der Waals surface area contributed by atoms with Crippen LogP contribution >= 0.6 is 0 Å². The molecular weight excluding hydrogens is 361 g/mol. The van der Waals surface area contributed by atoms with Crippen molar-refractivity contribution in [3.05, 3.63) is 35.4 Å². The zero-order valence-electron chi connectivity index (χ0n) is 15.1. The van der Waals surface area contributed by atoms with E-state index in [1.807, 2.05) is 0 Å². The number of nitrogens with zero attached hydrogens (tertiary/aromatic N) is 1. The number of nitrogens with one attached hydrogen (secondary N) is 1. The molecule has 8 heteroatoms. The third-order valence-electron chi connectivity index (χ3n) is 5.45. The largest absolute Gasteiger partial charge is 0.416 e. The van der Waals surface area contributed by atoms with Crippen molar-refractivity contribution < 1.29 is 27.5 Å². The molecule has 1 atom stereocenters. The highest BCUT2D eigenvalue weighted by Crippen LogP contribution is 2.41. The third-order valence-corrected chi connectivity index (χ3v) is 5.45. The van der Waals surface area contributed by atoms with Gasteiger partial charge in [-0.3, -0.25) is 9.59 Å². The van der Waals surface area contributed by atoms with Gasteiger partial charge in [0.2, 0.25) is 11.8 Å². The molecule has 0 aromatic heterocycles. The van der Waals surface area contributed by atoms with Gasteiger partial charge in [0.15, 0.2) is 0 Å². The number of rotatable bonds is 6. The van der Waals surface area contributed by atoms with Gasteiger partial charge in [0.25, 0.3) is 0 Å². The third kappa shape index (κ3) is 4.10. The van der Waals surface area contributed by atoms with Crippen LogP contribution in [0.5, 0.6) is 0 Å². The number of carbonyl (C=O) groups excluding carboxylic acids is 2. The zero-order valence-corrected chi connectivity index (χ0v) is 15.1. The predicted molar refractivity (Wildman–Crippen MR) is 91.6 cm³/mol. The molecule has 3 rings (SSSR count). The average molecular weight is 384 g/mol. The van der Waals surface area contributed by atoms with Gasteiger partial charge in [0.05, 0.1) is 23.6 Å². The first-order chi connectivity index (χ1) is 12.7. The topological polar surface area (TPSA) is 58.6 Å². The van der Waals surface area contributed by atoms with Crippen LogP contribution in [0.25, 0.3) is 0 Å². The maximum absolute atomic E-state index is 13.1. The second kappa shape index (κ2) is 7.50. The van der Waals surface area contributed by atoms with Crippen molar-refractivity contribution in [3.63, 3.8) is 0 Å². The van der Waals surface area contributed by atoms with E-state index in [-0.39, 0.29) is 36.9 Å². The smallest absolute Gasteiger partial charge is 0.384 e. The average Bonchev–Trinajstić information content (AvgIpc) is 2.89. The molecule has 2 aliphatic rings. The van der Waals surface area contributed by atoms with Crippen LogP contribution in [0.1, 0.15) is 36.8 Å². The zero-order chi connectivity index (χ0) is 19.7. The number of ether oxygens (including phenoxy) is 1. The van der Waals surface area contributed by atoms with E-state index >= 15 is 0 Å². The molecule has 5 nitrogen and oxygen atoms in total. The van der Waals surface area contributed by atoms with Crippen LogP contribution in [-0.2, 0) is 27.0 Å². The summed E-state index contributed by atoms with van der Waals surface area (Å²) in [4.78, 5) is 26.2. The van der Waals surface area contributed by atoms with E-state index in [1.54, 1.807) is 7.11 Å². The van der Waals surface area contributed by atoms with Crippen molar-refractivity contribution in [3.8, 4) is 0 Å². The molecule has 148 valence electrons. The Morgan fingerprint density at radius 2 is 2.04 bits per heavy atom. The lowest BCUT2D eigenvalue weighted by atomic mass is 9.68. The fourth-order valence-corrected chi connectivity index (χ4v) is 3.82. The molecular formula is C19H23F3N2O3. The minimum absolute atomic E-state index is 0.0557. The molecule has 0 radical (unpaired) electrons. The molecule has 0 unspecified atom stereocenters. The highest BCUT2D eigenvalue weighted by Gasteiger charge is 2.45. The summed E-state index contributed by atoms with van der Waals surface area (Å²) in [5, 5.41) is 2.89. The first-order valence-electron chi connectivity index (χ1n) is 8.98. The number of amides is 2. The van der Waals surface area contributed by atoms with Crippen molar-refractivity contribution in [2.24, 2.45) is 5.41 Å². The fourth-order valence-electron chi connectivity index (χ4n) is 3.82. The lowest BCUT2D eigenvalue weighted by Crippen LogP contribution is -2.51. The van der Waals surface area contributed by atoms with Gasteiger partial charge in [0.1, 0.15) is 0 Å². The van der Waals surface area contributed by atoms with Gasteiger partial charge in [-0.15, -0.1) is 0 Å². The number of alkyl halides is 3. The maximum Gasteiger partial charge on any atom is 0.416 e. The van der Waals surface area contributed by atoms with E-state index in [9.17, 15) is 22.8 Å². The van der Waals surface area contributed by atoms with E-state index in [4.69, 9.17) is 4.74 Å². The second-order valence-electron chi connectivity index (χ2n) is 7.37. The molecule has 1 aromatic carbocycles. The van der Waals surface area contributed by atoms with Crippen molar-refractivity contribution >= 4 is 11.8 Å². The summed E-state index contributed by atoms with van der Waals surface area (Å²) in [5.41, 5.74) is -1.22. The first kappa shape index (κ1) is 19.7. The lowest BCUT2D eigenvalue weighted by Gasteiger charge is -2.40. The van der Waals surface area contributed by atoms with Gasteiger partial charge >= 0.3 is 6.18 Å². The van der Waals surface area contributed by atoms with Crippen LogP contribution < -0.4 is 5.32 Å². The van der Waals surface area contributed by atoms with Gasteiger partial charge in [-0.2, -0.15) is 13.2 Å². The maximum atomic E-state index is 13.1. The molecule has 1 N–H and O–H groups in total. The summed E-state index contributed by atoms with van der Waals surface area (Å²) in [6.07, 6.45) is -1.92. The normalized spacial score (nSPS) is 21.9. The lowest BCUT2D eigenvalue weighted by molar-refractivity contribution is -0.141. The Labute approximate surface area is 155 Å². The summed E-state index contributed by atoms with van der Waals surface area (Å²) in [7, 11) is 1.55. The minimum Gasteiger partial charge on any atom is -0.384 e. The van der Waals surface area contributed by atoms with Gasteiger partial charge in [-0.05, 0) is 24.5 Å². The second-order valence-corrected chi connectivity index (χ2v) is 7.37. The highest BCUT2D eigenvalue weighted by atomic mass is 19.4. The molecule has 27 heavy (non-hydrogen) atoms. The molecule has 1 aliphatic carbocycles. The molecule has 0 spiro atoms. The SMILES string of the molecule is COCC1(C(=O)N[C@@H]2CC(=O)N(Cc3ccccc3C(F)(F)F)C2)CCC1. The van der Waals surface area contributed by atoms with Gasteiger partial charge in [0, 0.05) is 26.6 Å². The van der Waals surface area contributed by atoms with Gasteiger partial charge in [-0.25, -0.2) is 0 Å². The number of halogens is 3. The Morgan fingerprint density at radius 3 is 2.63 bits per heavy atom. The Hall–Kier alpha value is -2.09. The predicted octanol–water partition coefficient (Wildman–Crippen LogP) is 2.74. The molecule has 2 fully saturated rings. The number of hydrogen-bond acceptors (Lipinski definition) is 3. The van der Waals surface area contributed by atoms with E-state index in [0.29, 0.717) is 6.61 Å². The van der Waals surface area contributed by atoms with Crippen molar-refractivity contribution in [2.45, 2.75) is 44.4 Å². The molecule has 1 saturated carbocycles. The van der Waals surface area contributed by atoms with Crippen LogP contribution in [0, 0.1) is 5.41 Å². The molecule has 0 bridgehead atoms. The van der Waals surface area contributed by atoms with Crippen molar-refractivity contribution in [2.75, 3.05) is 20.3 Å². The Morgan fingerprint density at radius 1 is 1.33 bits per heavy atom. The van der Waals surface area contributed by atoms with Crippen molar-refractivity contribution in [1.29, 1.82) is 0 Å². The first-order valence-corrected chi connectivity index (χ1v) is 8.98. The summed E-state index contributed by atoms with van der Waals surface area (Å²) in [5.74, 6) is -0.391. The van der Waals surface area contributed by atoms with E-state index < -0.39 is 23.2 Å². The molecule has 1 aromatic rings. The summed E-state index contributed by atoms with van der Waals surface area (Å²) in [6, 6.07) is 4.85.